The van der Waals surface area contributed by atoms with Crippen molar-refractivity contribution in [2.45, 2.75) is 39.7 Å². The van der Waals surface area contributed by atoms with Gasteiger partial charge in [-0.3, -0.25) is 4.79 Å². The van der Waals surface area contributed by atoms with Crippen LogP contribution >= 0.6 is 0 Å². The zero-order valence-electron chi connectivity index (χ0n) is 12.4. The van der Waals surface area contributed by atoms with Gasteiger partial charge in [-0.15, -0.1) is 0 Å². The number of carbonyl (C=O) groups excluding carboxylic acids is 2. The SMILES string of the molecule is CCCC(NC(=O)c1cc(C)c(N)c(C)c1)C(=O)OC. The standard InChI is InChI=1S/C15H22N2O3/c1-5-6-12(15(19)20-4)17-14(18)11-7-9(2)13(16)10(3)8-11/h7-8,12H,5-6,16H2,1-4H3,(H,17,18). The molecule has 1 atom stereocenters. The van der Waals surface area contributed by atoms with E-state index in [-0.39, 0.29) is 5.91 Å². The first-order valence-corrected chi connectivity index (χ1v) is 6.66. The molecule has 0 radical (unpaired) electrons. The van der Waals surface area contributed by atoms with Gasteiger partial charge in [-0.2, -0.15) is 0 Å². The van der Waals surface area contributed by atoms with Crippen LogP contribution in [0, 0.1) is 13.8 Å². The number of ether oxygens (including phenoxy) is 1. The molecule has 1 aromatic rings. The van der Waals surface area contributed by atoms with Crippen LogP contribution in [0.15, 0.2) is 12.1 Å². The maximum atomic E-state index is 12.2. The third kappa shape index (κ3) is 3.73. The summed E-state index contributed by atoms with van der Waals surface area (Å²) in [6.45, 7) is 5.64. The Balaban J connectivity index is 2.91. The lowest BCUT2D eigenvalue weighted by molar-refractivity contribution is -0.143. The molecule has 5 nitrogen and oxygen atoms in total. The summed E-state index contributed by atoms with van der Waals surface area (Å²) in [5.41, 5.74) is 8.74. The van der Waals surface area contributed by atoms with E-state index in [0.717, 1.165) is 17.5 Å². The third-order valence-corrected chi connectivity index (χ3v) is 3.22. The largest absolute Gasteiger partial charge is 0.467 e. The van der Waals surface area contributed by atoms with Crippen molar-refractivity contribution < 1.29 is 14.3 Å². The number of hydrogen-bond acceptors (Lipinski definition) is 4. The number of amides is 1. The minimum absolute atomic E-state index is 0.292. The zero-order chi connectivity index (χ0) is 15.3. The number of nitrogens with one attached hydrogen (secondary N) is 1. The average Bonchev–Trinajstić information content (AvgIpc) is 2.42. The van der Waals surface area contributed by atoms with Crippen molar-refractivity contribution in [3.8, 4) is 0 Å². The summed E-state index contributed by atoms with van der Waals surface area (Å²) in [7, 11) is 1.31. The van der Waals surface area contributed by atoms with Crippen LogP contribution in [0.5, 0.6) is 0 Å². The fourth-order valence-corrected chi connectivity index (χ4v) is 2.03. The second kappa shape index (κ2) is 6.93. The van der Waals surface area contributed by atoms with Crippen LogP contribution in [0.2, 0.25) is 0 Å². The van der Waals surface area contributed by atoms with Crippen molar-refractivity contribution in [3.05, 3.63) is 28.8 Å². The van der Waals surface area contributed by atoms with Gasteiger partial charge in [0, 0.05) is 11.3 Å². The number of nitrogens with two attached hydrogens (primary N) is 1. The lowest BCUT2D eigenvalue weighted by Crippen LogP contribution is -2.41. The van der Waals surface area contributed by atoms with E-state index in [1.807, 2.05) is 20.8 Å². The molecule has 1 amide bonds. The van der Waals surface area contributed by atoms with Gasteiger partial charge in [0.1, 0.15) is 6.04 Å². The molecule has 0 fully saturated rings. The molecule has 110 valence electrons. The molecule has 0 aliphatic rings. The molecule has 0 aromatic heterocycles. The molecule has 0 heterocycles. The molecule has 0 saturated carbocycles. The number of benzene rings is 1. The van der Waals surface area contributed by atoms with Crippen LogP contribution in [0.25, 0.3) is 0 Å². The van der Waals surface area contributed by atoms with E-state index in [0.29, 0.717) is 17.7 Å². The van der Waals surface area contributed by atoms with Crippen LogP contribution < -0.4 is 11.1 Å². The van der Waals surface area contributed by atoms with Gasteiger partial charge in [0.25, 0.3) is 5.91 Å². The fourth-order valence-electron chi connectivity index (χ4n) is 2.03. The van der Waals surface area contributed by atoms with E-state index >= 15 is 0 Å². The fraction of sp³-hybridized carbons (Fsp3) is 0.467. The molecular weight excluding hydrogens is 256 g/mol. The Morgan fingerprint density at radius 2 is 1.85 bits per heavy atom. The lowest BCUT2D eigenvalue weighted by atomic mass is 10.0. The van der Waals surface area contributed by atoms with E-state index in [4.69, 9.17) is 10.5 Å². The summed E-state index contributed by atoms with van der Waals surface area (Å²) in [4.78, 5) is 23.8. The van der Waals surface area contributed by atoms with E-state index in [1.165, 1.54) is 7.11 Å². The second-order valence-corrected chi connectivity index (χ2v) is 4.86. The molecule has 0 spiro atoms. The van der Waals surface area contributed by atoms with E-state index < -0.39 is 12.0 Å². The molecule has 0 aliphatic heterocycles. The Bertz CT molecular complexity index is 489. The first-order chi connectivity index (χ1) is 9.40. The molecular formula is C15H22N2O3. The maximum Gasteiger partial charge on any atom is 0.328 e. The van der Waals surface area contributed by atoms with E-state index in [9.17, 15) is 9.59 Å². The van der Waals surface area contributed by atoms with Crippen LogP contribution in [-0.4, -0.2) is 25.0 Å². The van der Waals surface area contributed by atoms with Crippen LogP contribution in [-0.2, 0) is 9.53 Å². The van der Waals surface area contributed by atoms with Crippen LogP contribution in [0.4, 0.5) is 5.69 Å². The van der Waals surface area contributed by atoms with Crippen molar-refractivity contribution in [3.63, 3.8) is 0 Å². The summed E-state index contributed by atoms with van der Waals surface area (Å²) in [6.07, 6.45) is 1.32. The molecule has 1 aromatic carbocycles. The van der Waals surface area contributed by atoms with Gasteiger partial charge in [0.2, 0.25) is 0 Å². The Kier molecular flexibility index (Phi) is 5.55. The van der Waals surface area contributed by atoms with Gasteiger partial charge >= 0.3 is 5.97 Å². The number of hydrogen-bond donors (Lipinski definition) is 2. The Morgan fingerprint density at radius 1 is 1.30 bits per heavy atom. The lowest BCUT2D eigenvalue weighted by Gasteiger charge is -2.16. The predicted octanol–water partition coefficient (Wildman–Crippen LogP) is 1.96. The summed E-state index contributed by atoms with van der Waals surface area (Å²) in [6, 6.07) is 2.83. The van der Waals surface area contributed by atoms with Crippen molar-refractivity contribution in [1.29, 1.82) is 0 Å². The first kappa shape index (κ1) is 16.0. The smallest absolute Gasteiger partial charge is 0.328 e. The monoisotopic (exact) mass is 278 g/mol. The molecule has 3 N–H and O–H groups in total. The zero-order valence-corrected chi connectivity index (χ0v) is 12.4. The van der Waals surface area contributed by atoms with E-state index in [1.54, 1.807) is 12.1 Å². The Labute approximate surface area is 119 Å². The number of nitrogen functional groups attached to an aromatic ring is 1. The predicted molar refractivity (Wildman–Crippen MR) is 78.5 cm³/mol. The highest BCUT2D eigenvalue weighted by molar-refractivity contribution is 5.97. The highest BCUT2D eigenvalue weighted by Gasteiger charge is 2.21. The van der Waals surface area contributed by atoms with Crippen LogP contribution in [0.3, 0.4) is 0 Å². The number of esters is 1. The van der Waals surface area contributed by atoms with Crippen molar-refractivity contribution in [2.24, 2.45) is 0 Å². The van der Waals surface area contributed by atoms with Gasteiger partial charge in [-0.05, 0) is 43.5 Å². The van der Waals surface area contributed by atoms with E-state index in [2.05, 4.69) is 5.32 Å². The molecule has 1 rings (SSSR count). The Morgan fingerprint density at radius 3 is 2.30 bits per heavy atom. The number of anilines is 1. The van der Waals surface area contributed by atoms with Gasteiger partial charge in [-0.25, -0.2) is 4.79 Å². The molecule has 1 unspecified atom stereocenters. The summed E-state index contributed by atoms with van der Waals surface area (Å²) >= 11 is 0. The topological polar surface area (TPSA) is 81.4 Å². The summed E-state index contributed by atoms with van der Waals surface area (Å²) < 4.78 is 4.69. The molecule has 0 bridgehead atoms. The van der Waals surface area contributed by atoms with Gasteiger partial charge in [0.15, 0.2) is 0 Å². The van der Waals surface area contributed by atoms with Gasteiger partial charge in [-0.1, -0.05) is 13.3 Å². The van der Waals surface area contributed by atoms with Crippen molar-refractivity contribution in [2.75, 3.05) is 12.8 Å². The quantitative estimate of drug-likeness (QED) is 0.637. The van der Waals surface area contributed by atoms with Crippen molar-refractivity contribution in [1.82, 2.24) is 5.32 Å². The molecule has 0 saturated heterocycles. The number of aryl methyl sites for hydroxylation is 2. The Hall–Kier alpha value is -2.04. The minimum Gasteiger partial charge on any atom is -0.467 e. The highest BCUT2D eigenvalue weighted by Crippen LogP contribution is 2.18. The number of methoxy groups -OCH3 is 1. The minimum atomic E-state index is -0.615. The average molecular weight is 278 g/mol. The van der Waals surface area contributed by atoms with Gasteiger partial charge in [0.05, 0.1) is 7.11 Å². The van der Waals surface area contributed by atoms with Crippen LogP contribution in [0.1, 0.15) is 41.3 Å². The normalized spacial score (nSPS) is 11.8. The first-order valence-electron chi connectivity index (χ1n) is 6.66. The molecule has 5 heteroatoms. The summed E-state index contributed by atoms with van der Waals surface area (Å²) in [5, 5.41) is 2.70. The molecule has 20 heavy (non-hydrogen) atoms. The summed E-state index contributed by atoms with van der Waals surface area (Å²) in [5.74, 6) is -0.718. The number of rotatable bonds is 5. The third-order valence-electron chi connectivity index (χ3n) is 3.22. The maximum absolute atomic E-state index is 12.2. The highest BCUT2D eigenvalue weighted by atomic mass is 16.5. The molecule has 0 aliphatic carbocycles. The van der Waals surface area contributed by atoms with Crippen molar-refractivity contribution >= 4 is 17.6 Å². The number of carbonyl (C=O) groups is 2. The van der Waals surface area contributed by atoms with Gasteiger partial charge < -0.3 is 15.8 Å². The second-order valence-electron chi connectivity index (χ2n) is 4.86.